The number of rotatable bonds is 3. The molecule has 1 aromatic carbocycles. The van der Waals surface area contributed by atoms with Crippen LogP contribution in [-0.2, 0) is 0 Å². The zero-order valence-corrected chi connectivity index (χ0v) is 12.2. The molecule has 0 spiro atoms. The summed E-state index contributed by atoms with van der Waals surface area (Å²) in [5.41, 5.74) is 0.811. The number of carbonyl (C=O) groups is 1. The zero-order chi connectivity index (χ0) is 13.2. The smallest absolute Gasteiger partial charge is 0.307 e. The normalized spacial score (nSPS) is 28.4. The van der Waals surface area contributed by atoms with Crippen molar-refractivity contribution in [3.63, 3.8) is 0 Å². The van der Waals surface area contributed by atoms with Crippen LogP contribution in [0.15, 0.2) is 30.3 Å². The third kappa shape index (κ3) is 2.70. The lowest BCUT2D eigenvalue weighted by Gasteiger charge is -2.31. The molecule has 3 nitrogen and oxygen atoms in total. The first-order valence-corrected chi connectivity index (χ1v) is 8.32. The second-order valence-electron chi connectivity index (χ2n) is 5.43. The van der Waals surface area contributed by atoms with E-state index < -0.39 is 0 Å². The van der Waals surface area contributed by atoms with Crippen LogP contribution in [0.3, 0.4) is 0 Å². The number of urea groups is 1. The van der Waals surface area contributed by atoms with Gasteiger partial charge in [0.2, 0.25) is 0 Å². The molecular formula is C14H17ClN2OS. The van der Waals surface area contributed by atoms with Gasteiger partial charge in [-0.3, -0.25) is 4.31 Å². The molecule has 2 fully saturated rings. The molecule has 0 aliphatic heterocycles. The summed E-state index contributed by atoms with van der Waals surface area (Å²) in [5, 5.41) is 2.91. The minimum atomic E-state index is -0.108. The van der Waals surface area contributed by atoms with E-state index in [-0.39, 0.29) is 6.03 Å². The number of hydrogen-bond donors (Lipinski definition) is 1. The molecule has 2 aliphatic carbocycles. The highest BCUT2D eigenvalue weighted by Crippen LogP contribution is 2.48. The molecule has 3 rings (SSSR count). The molecule has 0 saturated heterocycles. The van der Waals surface area contributed by atoms with Crippen molar-refractivity contribution in [2.75, 3.05) is 5.32 Å². The summed E-state index contributed by atoms with van der Waals surface area (Å²) in [6, 6.07) is 9.70. The molecule has 3 atom stereocenters. The maximum Gasteiger partial charge on any atom is 0.333 e. The van der Waals surface area contributed by atoms with Crippen molar-refractivity contribution in [2.24, 2.45) is 11.8 Å². The molecule has 19 heavy (non-hydrogen) atoms. The molecule has 2 saturated carbocycles. The molecule has 2 aliphatic rings. The molecule has 0 heterocycles. The lowest BCUT2D eigenvalue weighted by molar-refractivity contribution is 0.213. The zero-order valence-electron chi connectivity index (χ0n) is 10.6. The number of benzene rings is 1. The van der Waals surface area contributed by atoms with Crippen LogP contribution in [0.2, 0.25) is 0 Å². The Labute approximate surface area is 122 Å². The highest BCUT2D eigenvalue weighted by atomic mass is 35.7. The predicted octanol–water partition coefficient (Wildman–Crippen LogP) is 4.51. The van der Waals surface area contributed by atoms with Gasteiger partial charge in [-0.25, -0.2) is 4.79 Å². The van der Waals surface area contributed by atoms with Gasteiger partial charge in [-0.15, -0.1) is 0 Å². The van der Waals surface area contributed by atoms with E-state index in [0.29, 0.717) is 12.0 Å². The lowest BCUT2D eigenvalue weighted by atomic mass is 9.95. The van der Waals surface area contributed by atoms with Gasteiger partial charge in [0, 0.05) is 11.7 Å². The number of fused-ring (bicyclic) bond motifs is 2. The average molecular weight is 297 g/mol. The first-order valence-electron chi connectivity index (χ1n) is 6.72. The lowest BCUT2D eigenvalue weighted by Crippen LogP contribution is -2.40. The number of nitrogens with one attached hydrogen (secondary N) is 1. The first kappa shape index (κ1) is 13.1. The molecular weight excluding hydrogens is 280 g/mol. The van der Waals surface area contributed by atoms with Crippen LogP contribution in [0.4, 0.5) is 10.5 Å². The van der Waals surface area contributed by atoms with Crippen molar-refractivity contribution >= 4 is 33.6 Å². The Kier molecular flexibility index (Phi) is 3.89. The van der Waals surface area contributed by atoms with Crippen LogP contribution in [0.5, 0.6) is 0 Å². The van der Waals surface area contributed by atoms with E-state index in [4.69, 9.17) is 10.7 Å². The fourth-order valence-corrected chi connectivity index (χ4v) is 4.40. The molecule has 102 valence electrons. The second-order valence-corrected chi connectivity index (χ2v) is 6.38. The van der Waals surface area contributed by atoms with E-state index in [0.717, 1.165) is 29.2 Å². The Balaban J connectivity index is 1.67. The van der Waals surface area contributed by atoms with Gasteiger partial charge in [-0.05, 0) is 53.9 Å². The highest BCUT2D eigenvalue weighted by molar-refractivity contribution is 8.19. The van der Waals surface area contributed by atoms with E-state index in [2.05, 4.69) is 5.32 Å². The van der Waals surface area contributed by atoms with Crippen molar-refractivity contribution in [3.8, 4) is 0 Å². The third-order valence-corrected chi connectivity index (χ3v) is 5.33. The standard InChI is InChI=1S/C14H17ClN2OS/c15-19-17(13-9-10-6-7-11(13)8-10)14(18)16-12-4-2-1-3-5-12/h1-5,10-11,13H,6-9H2,(H,16,18). The van der Waals surface area contributed by atoms with Gasteiger partial charge < -0.3 is 5.32 Å². The molecule has 2 bridgehead atoms. The minimum Gasteiger partial charge on any atom is -0.307 e. The Morgan fingerprint density at radius 2 is 2.05 bits per heavy atom. The monoisotopic (exact) mass is 296 g/mol. The quantitative estimate of drug-likeness (QED) is 0.832. The van der Waals surface area contributed by atoms with Crippen LogP contribution in [-0.4, -0.2) is 16.4 Å². The number of carbonyl (C=O) groups excluding carboxylic acids is 1. The summed E-state index contributed by atoms with van der Waals surface area (Å²) in [7, 11) is 5.93. The van der Waals surface area contributed by atoms with Crippen molar-refractivity contribution in [1.82, 2.24) is 4.31 Å². The number of anilines is 1. The molecule has 5 heteroatoms. The van der Waals surface area contributed by atoms with Crippen molar-refractivity contribution in [1.29, 1.82) is 0 Å². The van der Waals surface area contributed by atoms with E-state index in [1.807, 2.05) is 30.3 Å². The fraction of sp³-hybridized carbons (Fsp3) is 0.500. The van der Waals surface area contributed by atoms with E-state index >= 15 is 0 Å². The molecule has 0 radical (unpaired) electrons. The van der Waals surface area contributed by atoms with E-state index in [9.17, 15) is 4.79 Å². The number of halogens is 1. The molecule has 1 aromatic rings. The summed E-state index contributed by atoms with van der Waals surface area (Å²) in [6.45, 7) is 0. The largest absolute Gasteiger partial charge is 0.333 e. The number of amides is 2. The van der Waals surface area contributed by atoms with E-state index in [1.165, 1.54) is 19.3 Å². The maximum absolute atomic E-state index is 12.3. The third-order valence-electron chi connectivity index (χ3n) is 4.30. The number of nitrogens with zero attached hydrogens (tertiary/aromatic N) is 1. The minimum absolute atomic E-state index is 0.108. The van der Waals surface area contributed by atoms with Gasteiger partial charge in [0.15, 0.2) is 0 Å². The van der Waals surface area contributed by atoms with Crippen LogP contribution in [0.25, 0.3) is 0 Å². The Morgan fingerprint density at radius 1 is 1.26 bits per heavy atom. The second kappa shape index (κ2) is 5.63. The van der Waals surface area contributed by atoms with Crippen molar-refractivity contribution in [3.05, 3.63) is 30.3 Å². The summed E-state index contributed by atoms with van der Waals surface area (Å²) >= 11 is 1.03. The van der Waals surface area contributed by atoms with Crippen LogP contribution in [0.1, 0.15) is 25.7 Å². The maximum atomic E-state index is 12.3. The van der Waals surface area contributed by atoms with Gasteiger partial charge in [0.25, 0.3) is 0 Å². The summed E-state index contributed by atoms with van der Waals surface area (Å²) in [5.74, 6) is 1.43. The first-order chi connectivity index (χ1) is 9.28. The Morgan fingerprint density at radius 3 is 2.63 bits per heavy atom. The van der Waals surface area contributed by atoms with Crippen molar-refractivity contribution in [2.45, 2.75) is 31.7 Å². The van der Waals surface area contributed by atoms with Gasteiger partial charge in [0.1, 0.15) is 0 Å². The van der Waals surface area contributed by atoms with E-state index in [1.54, 1.807) is 4.31 Å². The van der Waals surface area contributed by atoms with Gasteiger partial charge >= 0.3 is 6.03 Å². The van der Waals surface area contributed by atoms with Crippen molar-refractivity contribution < 1.29 is 4.79 Å². The highest BCUT2D eigenvalue weighted by Gasteiger charge is 2.44. The Hall–Kier alpha value is -0.870. The topological polar surface area (TPSA) is 32.3 Å². The molecule has 2 amide bonds. The Bertz CT molecular complexity index is 456. The van der Waals surface area contributed by atoms with Crippen LogP contribution in [0, 0.1) is 11.8 Å². The fourth-order valence-electron chi connectivity index (χ4n) is 3.43. The SMILES string of the molecule is O=C(Nc1ccccc1)N(SCl)C1CC2CCC1C2. The van der Waals surface area contributed by atoms with Gasteiger partial charge in [-0.2, -0.15) is 0 Å². The average Bonchev–Trinajstić information content (AvgIpc) is 3.03. The molecule has 0 aromatic heterocycles. The van der Waals surface area contributed by atoms with Gasteiger partial charge in [-0.1, -0.05) is 24.6 Å². The number of para-hydroxylation sites is 1. The predicted molar refractivity (Wildman–Crippen MR) is 80.0 cm³/mol. The number of hydrogen-bond acceptors (Lipinski definition) is 2. The molecule has 1 N–H and O–H groups in total. The summed E-state index contributed by atoms with van der Waals surface area (Å²) in [6.07, 6.45) is 4.92. The van der Waals surface area contributed by atoms with Crippen LogP contribution < -0.4 is 5.32 Å². The summed E-state index contributed by atoms with van der Waals surface area (Å²) < 4.78 is 1.72. The molecule has 3 unspecified atom stereocenters. The summed E-state index contributed by atoms with van der Waals surface area (Å²) in [4.78, 5) is 12.3. The van der Waals surface area contributed by atoms with Gasteiger partial charge in [0.05, 0.1) is 11.2 Å². The van der Waals surface area contributed by atoms with Crippen LogP contribution >= 0.6 is 21.8 Å².